The minimum absolute atomic E-state index is 0.0420. The van der Waals surface area contributed by atoms with Crippen LogP contribution in [0.4, 0.5) is 16.2 Å². The largest absolute Gasteiger partial charge is 0.453 e. The minimum Gasteiger partial charge on any atom is -0.453 e. The molecule has 1 aromatic rings. The van der Waals surface area contributed by atoms with Gasteiger partial charge in [-0.25, -0.2) is 4.79 Å². The van der Waals surface area contributed by atoms with Crippen LogP contribution in [0, 0.1) is 5.92 Å². The Labute approximate surface area is 118 Å². The van der Waals surface area contributed by atoms with Crippen LogP contribution in [-0.2, 0) is 9.53 Å². The average Bonchev–Trinajstić information content (AvgIpc) is 2.46. The molecule has 0 aliphatic rings. The van der Waals surface area contributed by atoms with Crippen molar-refractivity contribution >= 4 is 23.4 Å². The third-order valence-electron chi connectivity index (χ3n) is 2.73. The highest BCUT2D eigenvalue weighted by molar-refractivity contribution is 5.93. The van der Waals surface area contributed by atoms with Crippen molar-refractivity contribution < 1.29 is 14.3 Å². The molecule has 0 heterocycles. The number of carbonyl (C=O) groups excluding carboxylic acids is 2. The first kappa shape index (κ1) is 16.0. The number of carbonyl (C=O) groups is 2. The number of rotatable bonds is 6. The summed E-state index contributed by atoms with van der Waals surface area (Å²) in [4.78, 5) is 22.9. The second kappa shape index (κ2) is 8.16. The van der Waals surface area contributed by atoms with Crippen molar-refractivity contribution in [3.63, 3.8) is 0 Å². The van der Waals surface area contributed by atoms with Gasteiger partial charge in [-0.1, -0.05) is 13.8 Å². The first-order valence-corrected chi connectivity index (χ1v) is 6.53. The molecule has 0 spiro atoms. The molecular weight excluding hydrogens is 258 g/mol. The predicted octanol–water partition coefficient (Wildman–Crippen LogP) is 2.05. The number of ether oxygens (including phenoxy) is 1. The number of hydrogen-bond acceptors (Lipinski definition) is 4. The second-order valence-electron chi connectivity index (χ2n) is 4.39. The molecule has 6 heteroatoms. The zero-order valence-electron chi connectivity index (χ0n) is 12.0. The fraction of sp³-hybridized carbons (Fsp3) is 0.429. The van der Waals surface area contributed by atoms with Gasteiger partial charge in [-0.15, -0.1) is 0 Å². The van der Waals surface area contributed by atoms with Gasteiger partial charge in [-0.2, -0.15) is 0 Å². The number of methoxy groups -OCH3 is 1. The lowest BCUT2D eigenvalue weighted by molar-refractivity contribution is -0.119. The molecule has 0 fully saturated rings. The Hall–Kier alpha value is -2.08. The Balaban J connectivity index is 2.52. The molecule has 6 nitrogen and oxygen atoms in total. The molecule has 0 saturated heterocycles. The van der Waals surface area contributed by atoms with E-state index in [2.05, 4.69) is 20.7 Å². The van der Waals surface area contributed by atoms with E-state index in [-0.39, 0.29) is 11.8 Å². The molecule has 1 unspecified atom stereocenters. The quantitative estimate of drug-likeness (QED) is 0.744. The Morgan fingerprint density at radius 3 is 2.20 bits per heavy atom. The van der Waals surface area contributed by atoms with E-state index in [0.717, 1.165) is 6.54 Å². The maximum atomic E-state index is 11.9. The number of amides is 2. The van der Waals surface area contributed by atoms with Gasteiger partial charge in [-0.3, -0.25) is 10.1 Å². The van der Waals surface area contributed by atoms with Crippen LogP contribution in [0.25, 0.3) is 0 Å². The summed E-state index contributed by atoms with van der Waals surface area (Å²) in [6, 6.07) is 6.84. The van der Waals surface area contributed by atoms with Gasteiger partial charge in [0.1, 0.15) is 0 Å². The second-order valence-corrected chi connectivity index (χ2v) is 4.39. The predicted molar refractivity (Wildman–Crippen MR) is 78.8 cm³/mol. The van der Waals surface area contributed by atoms with E-state index < -0.39 is 6.09 Å². The first-order valence-electron chi connectivity index (χ1n) is 6.53. The van der Waals surface area contributed by atoms with Crippen molar-refractivity contribution in [2.75, 3.05) is 30.8 Å². The summed E-state index contributed by atoms with van der Waals surface area (Å²) >= 11 is 0. The highest BCUT2D eigenvalue weighted by Gasteiger charge is 2.12. The SMILES string of the molecule is CCNCC(C)C(=O)Nc1ccc(NC(=O)OC)cc1. The smallest absolute Gasteiger partial charge is 0.411 e. The average molecular weight is 279 g/mol. The zero-order valence-corrected chi connectivity index (χ0v) is 12.0. The van der Waals surface area contributed by atoms with Crippen LogP contribution in [0.2, 0.25) is 0 Å². The van der Waals surface area contributed by atoms with Gasteiger partial charge < -0.3 is 15.4 Å². The maximum Gasteiger partial charge on any atom is 0.411 e. The van der Waals surface area contributed by atoms with Crippen molar-refractivity contribution in [3.8, 4) is 0 Å². The van der Waals surface area contributed by atoms with Gasteiger partial charge in [0, 0.05) is 23.8 Å². The zero-order chi connectivity index (χ0) is 15.0. The number of anilines is 2. The standard InChI is InChI=1S/C14H21N3O3/c1-4-15-9-10(2)13(18)16-11-5-7-12(8-6-11)17-14(19)20-3/h5-8,10,15H,4,9H2,1-3H3,(H,16,18)(H,17,19). The fourth-order valence-corrected chi connectivity index (χ4v) is 1.52. The molecule has 0 saturated carbocycles. The molecule has 2 amide bonds. The van der Waals surface area contributed by atoms with E-state index in [4.69, 9.17) is 0 Å². The monoisotopic (exact) mass is 279 g/mol. The highest BCUT2D eigenvalue weighted by atomic mass is 16.5. The molecule has 1 atom stereocenters. The van der Waals surface area contributed by atoms with E-state index in [1.54, 1.807) is 24.3 Å². The number of hydrogen-bond donors (Lipinski definition) is 3. The molecule has 0 aliphatic heterocycles. The Morgan fingerprint density at radius 1 is 1.15 bits per heavy atom. The Kier molecular flexibility index (Phi) is 6.52. The van der Waals surface area contributed by atoms with E-state index >= 15 is 0 Å². The van der Waals surface area contributed by atoms with Crippen molar-refractivity contribution in [1.29, 1.82) is 0 Å². The summed E-state index contributed by atoms with van der Waals surface area (Å²) in [5.74, 6) is -0.151. The van der Waals surface area contributed by atoms with Crippen molar-refractivity contribution in [2.24, 2.45) is 5.92 Å². The number of benzene rings is 1. The van der Waals surface area contributed by atoms with Crippen LogP contribution >= 0.6 is 0 Å². The molecule has 110 valence electrons. The molecule has 0 aliphatic carbocycles. The molecule has 0 aromatic heterocycles. The third kappa shape index (κ3) is 5.27. The van der Waals surface area contributed by atoms with E-state index in [1.165, 1.54) is 7.11 Å². The van der Waals surface area contributed by atoms with Gasteiger partial charge >= 0.3 is 6.09 Å². The van der Waals surface area contributed by atoms with Crippen LogP contribution < -0.4 is 16.0 Å². The minimum atomic E-state index is -0.527. The summed E-state index contributed by atoms with van der Waals surface area (Å²) in [6.07, 6.45) is -0.527. The summed E-state index contributed by atoms with van der Waals surface area (Å²) in [5, 5.41) is 8.49. The van der Waals surface area contributed by atoms with Gasteiger partial charge in [0.25, 0.3) is 0 Å². The molecular formula is C14H21N3O3. The third-order valence-corrected chi connectivity index (χ3v) is 2.73. The molecule has 20 heavy (non-hydrogen) atoms. The van der Waals surface area contributed by atoms with E-state index in [0.29, 0.717) is 17.9 Å². The van der Waals surface area contributed by atoms with E-state index in [9.17, 15) is 9.59 Å². The van der Waals surface area contributed by atoms with Crippen molar-refractivity contribution in [3.05, 3.63) is 24.3 Å². The van der Waals surface area contributed by atoms with Gasteiger partial charge in [-0.05, 0) is 30.8 Å². The molecule has 1 aromatic carbocycles. The lowest BCUT2D eigenvalue weighted by Gasteiger charge is -2.12. The van der Waals surface area contributed by atoms with Gasteiger partial charge in [0.15, 0.2) is 0 Å². The summed E-state index contributed by atoms with van der Waals surface area (Å²) in [5.41, 5.74) is 1.30. The lowest BCUT2D eigenvalue weighted by Crippen LogP contribution is -2.30. The van der Waals surface area contributed by atoms with Crippen LogP contribution in [0.5, 0.6) is 0 Å². The van der Waals surface area contributed by atoms with Crippen molar-refractivity contribution in [1.82, 2.24) is 5.32 Å². The Morgan fingerprint density at radius 2 is 1.70 bits per heavy atom. The van der Waals surface area contributed by atoms with Crippen LogP contribution in [0.15, 0.2) is 24.3 Å². The summed E-state index contributed by atoms with van der Waals surface area (Å²) < 4.78 is 4.49. The van der Waals surface area contributed by atoms with Crippen LogP contribution in [0.3, 0.4) is 0 Å². The normalized spacial score (nSPS) is 11.6. The molecule has 0 radical (unpaired) electrons. The first-order chi connectivity index (χ1) is 9.56. The molecule has 1 rings (SSSR count). The fourth-order valence-electron chi connectivity index (χ4n) is 1.52. The summed E-state index contributed by atoms with van der Waals surface area (Å²) in [7, 11) is 1.30. The van der Waals surface area contributed by atoms with Gasteiger partial charge in [0.05, 0.1) is 7.11 Å². The summed E-state index contributed by atoms with van der Waals surface area (Å²) in [6.45, 7) is 5.35. The van der Waals surface area contributed by atoms with E-state index in [1.807, 2.05) is 13.8 Å². The molecule has 3 N–H and O–H groups in total. The van der Waals surface area contributed by atoms with Crippen molar-refractivity contribution in [2.45, 2.75) is 13.8 Å². The lowest BCUT2D eigenvalue weighted by atomic mass is 10.1. The Bertz CT molecular complexity index is 445. The maximum absolute atomic E-state index is 11.9. The number of nitrogens with one attached hydrogen (secondary N) is 3. The topological polar surface area (TPSA) is 79.5 Å². The van der Waals surface area contributed by atoms with Crippen LogP contribution in [0.1, 0.15) is 13.8 Å². The molecule has 0 bridgehead atoms. The van der Waals surface area contributed by atoms with Gasteiger partial charge in [0.2, 0.25) is 5.91 Å². The van der Waals surface area contributed by atoms with Crippen LogP contribution in [-0.4, -0.2) is 32.2 Å². The highest BCUT2D eigenvalue weighted by Crippen LogP contribution is 2.14.